The first kappa shape index (κ1) is 27.6. The molecule has 41 heavy (non-hydrogen) atoms. The minimum Gasteiger partial charge on any atom is -0.486 e. The van der Waals surface area contributed by atoms with Crippen molar-refractivity contribution in [3.05, 3.63) is 81.7 Å². The van der Waals surface area contributed by atoms with Gasteiger partial charge in [0.2, 0.25) is 5.91 Å². The third kappa shape index (κ3) is 6.51. The van der Waals surface area contributed by atoms with Crippen LogP contribution in [0.2, 0.25) is 5.02 Å². The van der Waals surface area contributed by atoms with Crippen molar-refractivity contribution in [2.24, 2.45) is 0 Å². The van der Waals surface area contributed by atoms with Gasteiger partial charge in [-0.05, 0) is 49.2 Å². The zero-order valence-corrected chi connectivity index (χ0v) is 24.4. The summed E-state index contributed by atoms with van der Waals surface area (Å²) in [6.45, 7) is 7.59. The number of fused-ring (bicyclic) bond motifs is 3. The van der Waals surface area contributed by atoms with Crippen molar-refractivity contribution in [3.63, 3.8) is 0 Å². The lowest BCUT2D eigenvalue weighted by Crippen LogP contribution is -2.37. The van der Waals surface area contributed by atoms with Crippen LogP contribution < -0.4 is 10.1 Å². The molecular formula is C30H31ClN6O3S. The molecule has 4 aromatic rings. The summed E-state index contributed by atoms with van der Waals surface area (Å²) in [7, 11) is 0. The molecule has 0 aliphatic carbocycles. The second-order valence-electron chi connectivity index (χ2n) is 10.1. The van der Waals surface area contributed by atoms with Gasteiger partial charge in [-0.2, -0.15) is 0 Å². The van der Waals surface area contributed by atoms with Gasteiger partial charge >= 0.3 is 0 Å². The predicted octanol–water partition coefficient (Wildman–Crippen LogP) is 5.14. The number of thiophene rings is 1. The smallest absolute Gasteiger partial charge is 0.246 e. The maximum absolute atomic E-state index is 12.9. The van der Waals surface area contributed by atoms with Crippen LogP contribution in [-0.2, 0) is 29.1 Å². The molecule has 212 valence electrons. The fourth-order valence-corrected chi connectivity index (χ4v) is 6.50. The number of aryl methyl sites for hydroxylation is 1. The van der Waals surface area contributed by atoms with Gasteiger partial charge in [0.05, 0.1) is 35.9 Å². The fraction of sp³-hybridized carbons (Fsp3) is 0.333. The van der Waals surface area contributed by atoms with Gasteiger partial charge in [-0.15, -0.1) is 11.3 Å². The Labute approximate surface area is 247 Å². The highest BCUT2D eigenvalue weighted by atomic mass is 35.5. The molecule has 0 spiro atoms. The lowest BCUT2D eigenvalue weighted by atomic mass is 10.0. The SMILES string of the molecule is Cc1cccc(COc2ccc(Nc3ncnc4sc5c(c34)CCN(C(=O)C=CCN3CCOCC3)C5)cc2Cl)n1. The normalized spacial score (nSPS) is 15.8. The number of nitrogens with one attached hydrogen (secondary N) is 1. The number of nitrogens with zero attached hydrogens (tertiary/aromatic N) is 5. The first-order valence-electron chi connectivity index (χ1n) is 13.7. The highest BCUT2D eigenvalue weighted by Gasteiger charge is 2.25. The van der Waals surface area contributed by atoms with E-state index in [4.69, 9.17) is 21.1 Å². The molecule has 2 aliphatic heterocycles. The Hall–Kier alpha value is -3.57. The van der Waals surface area contributed by atoms with Crippen LogP contribution in [0.3, 0.4) is 0 Å². The first-order chi connectivity index (χ1) is 20.0. The van der Waals surface area contributed by atoms with Crippen LogP contribution in [0.15, 0.2) is 54.9 Å². The summed E-state index contributed by atoms with van der Waals surface area (Å²) in [4.78, 5) is 32.7. The average molecular weight is 591 g/mol. The quantitative estimate of drug-likeness (QED) is 0.282. The van der Waals surface area contributed by atoms with E-state index in [1.165, 1.54) is 5.56 Å². The van der Waals surface area contributed by atoms with Gasteiger partial charge in [0.1, 0.15) is 29.3 Å². The summed E-state index contributed by atoms with van der Waals surface area (Å²) in [5.41, 5.74) is 3.79. The van der Waals surface area contributed by atoms with E-state index >= 15 is 0 Å². The maximum atomic E-state index is 12.9. The molecule has 0 atom stereocenters. The van der Waals surface area contributed by atoms with Gasteiger partial charge in [-0.3, -0.25) is 14.7 Å². The zero-order chi connectivity index (χ0) is 28.2. The number of carbonyl (C=O) groups excluding carboxylic acids is 1. The van der Waals surface area contributed by atoms with Crippen LogP contribution in [0.1, 0.15) is 21.8 Å². The number of amides is 1. The van der Waals surface area contributed by atoms with E-state index in [0.717, 1.165) is 77.3 Å². The number of hydrogen-bond donors (Lipinski definition) is 1. The van der Waals surface area contributed by atoms with Crippen molar-refractivity contribution in [2.75, 3.05) is 44.7 Å². The van der Waals surface area contributed by atoms with Gasteiger partial charge in [-0.25, -0.2) is 9.97 Å². The van der Waals surface area contributed by atoms with Gasteiger partial charge in [-0.1, -0.05) is 23.7 Å². The fourth-order valence-electron chi connectivity index (χ4n) is 5.07. The molecule has 5 heterocycles. The van der Waals surface area contributed by atoms with Crippen LogP contribution in [0.25, 0.3) is 10.2 Å². The second kappa shape index (κ2) is 12.5. The van der Waals surface area contributed by atoms with Gasteiger partial charge < -0.3 is 19.7 Å². The third-order valence-electron chi connectivity index (χ3n) is 7.19. The Morgan fingerprint density at radius 2 is 2.07 bits per heavy atom. The number of hydrogen-bond acceptors (Lipinski definition) is 9. The van der Waals surface area contributed by atoms with Crippen molar-refractivity contribution in [1.29, 1.82) is 0 Å². The number of halogens is 1. The number of rotatable bonds is 8. The highest BCUT2D eigenvalue weighted by molar-refractivity contribution is 7.19. The average Bonchev–Trinajstić information content (AvgIpc) is 3.36. The Balaban J connectivity index is 1.13. The standard InChI is InChI=1S/C30H31ClN6O3S/c1-20-4-2-5-22(34-20)18-40-25-8-7-21(16-24(25)31)35-29-28-23-9-11-37(17-26(23)41-30(28)33-19-32-29)27(38)6-3-10-36-12-14-39-15-13-36/h2-8,16,19H,9-15,17-18H2,1H3,(H,32,33,35). The number of anilines is 2. The Morgan fingerprint density at radius 3 is 2.90 bits per heavy atom. The van der Waals surface area contributed by atoms with Crippen LogP contribution >= 0.6 is 22.9 Å². The largest absolute Gasteiger partial charge is 0.486 e. The summed E-state index contributed by atoms with van der Waals surface area (Å²) in [6, 6.07) is 11.4. The minimum atomic E-state index is 0.0425. The highest BCUT2D eigenvalue weighted by Crippen LogP contribution is 2.39. The third-order valence-corrected chi connectivity index (χ3v) is 8.61. The van der Waals surface area contributed by atoms with Crippen LogP contribution in [-0.4, -0.2) is 70.1 Å². The Bertz CT molecular complexity index is 1590. The van der Waals surface area contributed by atoms with Crippen molar-refractivity contribution >= 4 is 50.6 Å². The van der Waals surface area contributed by atoms with E-state index in [9.17, 15) is 4.79 Å². The van der Waals surface area contributed by atoms with Crippen molar-refractivity contribution in [3.8, 4) is 5.75 Å². The van der Waals surface area contributed by atoms with Gasteiger partial charge in [0.25, 0.3) is 0 Å². The number of carbonyl (C=O) groups is 1. The number of aromatic nitrogens is 3. The van der Waals surface area contributed by atoms with Crippen LogP contribution in [0.4, 0.5) is 11.5 Å². The van der Waals surface area contributed by atoms with E-state index < -0.39 is 0 Å². The Kier molecular flexibility index (Phi) is 8.43. The summed E-state index contributed by atoms with van der Waals surface area (Å²) >= 11 is 8.18. The van der Waals surface area contributed by atoms with Crippen molar-refractivity contribution < 1.29 is 14.3 Å². The summed E-state index contributed by atoms with van der Waals surface area (Å²) in [6.07, 6.45) is 5.98. The summed E-state index contributed by atoms with van der Waals surface area (Å²) < 4.78 is 11.3. The molecule has 1 amide bonds. The maximum Gasteiger partial charge on any atom is 0.246 e. The summed E-state index contributed by atoms with van der Waals surface area (Å²) in [5, 5.41) is 4.92. The molecule has 0 unspecified atom stereocenters. The van der Waals surface area contributed by atoms with Crippen molar-refractivity contribution in [2.45, 2.75) is 26.5 Å². The first-order valence-corrected chi connectivity index (χ1v) is 14.9. The van der Waals surface area contributed by atoms with Crippen LogP contribution in [0, 0.1) is 6.92 Å². The second-order valence-corrected chi connectivity index (χ2v) is 11.6. The Morgan fingerprint density at radius 1 is 1.20 bits per heavy atom. The van der Waals surface area contributed by atoms with E-state index in [-0.39, 0.29) is 5.91 Å². The molecule has 0 bridgehead atoms. The number of benzene rings is 1. The lowest BCUT2D eigenvalue weighted by molar-refractivity contribution is -0.126. The zero-order valence-electron chi connectivity index (χ0n) is 22.8. The van der Waals surface area contributed by atoms with E-state index in [0.29, 0.717) is 30.5 Å². The molecule has 6 rings (SSSR count). The molecule has 9 nitrogen and oxygen atoms in total. The molecular weight excluding hydrogens is 560 g/mol. The lowest BCUT2D eigenvalue weighted by Gasteiger charge is -2.27. The number of ether oxygens (including phenoxy) is 2. The van der Waals surface area contributed by atoms with E-state index in [2.05, 4.69) is 25.2 Å². The van der Waals surface area contributed by atoms with E-state index in [1.807, 2.05) is 54.3 Å². The minimum absolute atomic E-state index is 0.0425. The van der Waals surface area contributed by atoms with E-state index in [1.54, 1.807) is 23.7 Å². The predicted molar refractivity (Wildman–Crippen MR) is 161 cm³/mol. The molecule has 11 heteroatoms. The number of morpholine rings is 1. The molecule has 1 fully saturated rings. The van der Waals surface area contributed by atoms with Crippen LogP contribution in [0.5, 0.6) is 5.75 Å². The van der Waals surface area contributed by atoms with Gasteiger partial charge in [0.15, 0.2) is 0 Å². The number of pyridine rings is 1. The van der Waals surface area contributed by atoms with Gasteiger partial charge in [0, 0.05) is 48.5 Å². The van der Waals surface area contributed by atoms with Crippen molar-refractivity contribution in [1.82, 2.24) is 24.8 Å². The monoisotopic (exact) mass is 590 g/mol. The molecule has 1 aromatic carbocycles. The molecule has 3 aromatic heterocycles. The molecule has 2 aliphatic rings. The topological polar surface area (TPSA) is 92.7 Å². The molecule has 1 N–H and O–H groups in total. The molecule has 1 saturated heterocycles. The molecule has 0 saturated carbocycles. The summed E-state index contributed by atoms with van der Waals surface area (Å²) in [5.74, 6) is 1.36. The molecule has 0 radical (unpaired) electrons.